The third-order valence-electron chi connectivity index (χ3n) is 2.95. The van der Waals surface area contributed by atoms with Gasteiger partial charge in [-0.25, -0.2) is 8.78 Å². The number of rotatable bonds is 5. The minimum absolute atomic E-state index is 0.0458. The molecule has 5 heteroatoms. The molecule has 110 valence electrons. The van der Waals surface area contributed by atoms with Gasteiger partial charge in [0.15, 0.2) is 17.9 Å². The SMILES string of the molecule is CCCOc1ccc(-c2c(F)cccc2C=O)c(F)c1F. The summed E-state index contributed by atoms with van der Waals surface area (Å²) in [5.41, 5.74) is -0.613. The van der Waals surface area contributed by atoms with Crippen molar-refractivity contribution in [2.75, 3.05) is 6.61 Å². The number of benzene rings is 2. The van der Waals surface area contributed by atoms with Crippen molar-refractivity contribution in [1.29, 1.82) is 0 Å². The average Bonchev–Trinajstić information content (AvgIpc) is 2.49. The van der Waals surface area contributed by atoms with Gasteiger partial charge in [0.2, 0.25) is 5.82 Å². The summed E-state index contributed by atoms with van der Waals surface area (Å²) in [5.74, 6) is -3.46. The maximum absolute atomic E-state index is 14.1. The summed E-state index contributed by atoms with van der Waals surface area (Å²) in [6.07, 6.45) is 1.04. The quantitative estimate of drug-likeness (QED) is 0.765. The fourth-order valence-electron chi connectivity index (χ4n) is 1.97. The molecule has 0 aromatic heterocycles. The Labute approximate surface area is 120 Å². The van der Waals surface area contributed by atoms with Crippen LogP contribution in [0.15, 0.2) is 30.3 Å². The van der Waals surface area contributed by atoms with Gasteiger partial charge in [-0.15, -0.1) is 0 Å². The van der Waals surface area contributed by atoms with Crippen LogP contribution in [-0.2, 0) is 0 Å². The van der Waals surface area contributed by atoms with Gasteiger partial charge in [-0.05, 0) is 24.6 Å². The second-order valence-corrected chi connectivity index (χ2v) is 4.41. The van der Waals surface area contributed by atoms with Crippen LogP contribution < -0.4 is 4.74 Å². The van der Waals surface area contributed by atoms with E-state index in [-0.39, 0.29) is 29.0 Å². The maximum Gasteiger partial charge on any atom is 0.201 e. The molecule has 0 saturated heterocycles. The Kier molecular flexibility index (Phi) is 4.62. The topological polar surface area (TPSA) is 26.3 Å². The first-order chi connectivity index (χ1) is 10.1. The Morgan fingerprint density at radius 2 is 1.86 bits per heavy atom. The van der Waals surface area contributed by atoms with Crippen LogP contribution in [0.1, 0.15) is 23.7 Å². The van der Waals surface area contributed by atoms with Crippen LogP contribution in [0.25, 0.3) is 11.1 Å². The molecule has 0 aliphatic heterocycles. The Morgan fingerprint density at radius 3 is 2.52 bits per heavy atom. The Balaban J connectivity index is 2.56. The van der Waals surface area contributed by atoms with Crippen LogP contribution in [0.2, 0.25) is 0 Å². The predicted octanol–water partition coefficient (Wildman–Crippen LogP) is 4.37. The van der Waals surface area contributed by atoms with Gasteiger partial charge in [0.1, 0.15) is 5.82 Å². The number of ether oxygens (including phenoxy) is 1. The molecule has 2 nitrogen and oxygen atoms in total. The van der Waals surface area contributed by atoms with E-state index in [4.69, 9.17) is 4.74 Å². The van der Waals surface area contributed by atoms with E-state index in [0.29, 0.717) is 12.7 Å². The highest BCUT2D eigenvalue weighted by molar-refractivity contribution is 5.88. The molecule has 0 spiro atoms. The number of aldehydes is 1. The zero-order valence-electron chi connectivity index (χ0n) is 11.3. The highest BCUT2D eigenvalue weighted by Crippen LogP contribution is 2.33. The van der Waals surface area contributed by atoms with Crippen molar-refractivity contribution in [1.82, 2.24) is 0 Å². The largest absolute Gasteiger partial charge is 0.490 e. The second-order valence-electron chi connectivity index (χ2n) is 4.41. The molecule has 2 aromatic rings. The van der Waals surface area contributed by atoms with E-state index < -0.39 is 17.5 Å². The fourth-order valence-corrected chi connectivity index (χ4v) is 1.97. The molecule has 0 unspecified atom stereocenters. The van der Waals surface area contributed by atoms with Gasteiger partial charge in [0.25, 0.3) is 0 Å². The van der Waals surface area contributed by atoms with Crippen molar-refractivity contribution in [2.24, 2.45) is 0 Å². The summed E-state index contributed by atoms with van der Waals surface area (Å²) in [4.78, 5) is 10.9. The van der Waals surface area contributed by atoms with Crippen LogP contribution >= 0.6 is 0 Å². The number of carbonyl (C=O) groups excluding carboxylic acids is 1. The molecule has 0 amide bonds. The third-order valence-corrected chi connectivity index (χ3v) is 2.95. The lowest BCUT2D eigenvalue weighted by Gasteiger charge is -2.11. The first-order valence-corrected chi connectivity index (χ1v) is 6.45. The van der Waals surface area contributed by atoms with Gasteiger partial charge >= 0.3 is 0 Å². The van der Waals surface area contributed by atoms with Crippen molar-refractivity contribution in [2.45, 2.75) is 13.3 Å². The van der Waals surface area contributed by atoms with Crippen molar-refractivity contribution in [3.8, 4) is 16.9 Å². The van der Waals surface area contributed by atoms with Gasteiger partial charge < -0.3 is 4.74 Å². The molecule has 0 radical (unpaired) electrons. The predicted molar refractivity (Wildman–Crippen MR) is 72.9 cm³/mol. The maximum atomic E-state index is 14.1. The molecule has 2 aromatic carbocycles. The molecule has 21 heavy (non-hydrogen) atoms. The van der Waals surface area contributed by atoms with Crippen molar-refractivity contribution >= 4 is 6.29 Å². The molecule has 0 bridgehead atoms. The smallest absolute Gasteiger partial charge is 0.201 e. The normalized spacial score (nSPS) is 10.5. The van der Waals surface area contributed by atoms with Gasteiger partial charge in [-0.3, -0.25) is 4.79 Å². The van der Waals surface area contributed by atoms with E-state index in [9.17, 15) is 18.0 Å². The van der Waals surface area contributed by atoms with Crippen LogP contribution in [0.4, 0.5) is 13.2 Å². The van der Waals surface area contributed by atoms with E-state index in [1.54, 1.807) is 0 Å². The standard InChI is InChI=1S/C16H13F3O2/c1-2-8-21-13-7-6-11(15(18)16(13)19)14-10(9-20)4-3-5-12(14)17/h3-7,9H,2,8H2,1H3. The first-order valence-electron chi connectivity index (χ1n) is 6.45. The van der Waals surface area contributed by atoms with Crippen LogP contribution in [0, 0.1) is 17.5 Å². The Hall–Kier alpha value is -2.30. The van der Waals surface area contributed by atoms with E-state index in [1.165, 1.54) is 24.3 Å². The summed E-state index contributed by atoms with van der Waals surface area (Å²) in [5, 5.41) is 0. The molecule has 0 atom stereocenters. The molecule has 2 rings (SSSR count). The lowest BCUT2D eigenvalue weighted by atomic mass is 9.99. The zero-order chi connectivity index (χ0) is 15.4. The van der Waals surface area contributed by atoms with Crippen LogP contribution in [0.5, 0.6) is 5.75 Å². The summed E-state index contributed by atoms with van der Waals surface area (Å²) in [6, 6.07) is 6.18. The molecule has 0 heterocycles. The minimum atomic E-state index is -1.24. The first kappa shape index (κ1) is 15.1. The summed E-state index contributed by atoms with van der Waals surface area (Å²) >= 11 is 0. The molecule has 0 aliphatic rings. The van der Waals surface area contributed by atoms with Gasteiger partial charge in [-0.1, -0.05) is 19.1 Å². The van der Waals surface area contributed by atoms with Crippen LogP contribution in [0.3, 0.4) is 0 Å². The highest BCUT2D eigenvalue weighted by atomic mass is 19.2. The average molecular weight is 294 g/mol. The van der Waals surface area contributed by atoms with Crippen molar-refractivity contribution in [3.05, 3.63) is 53.3 Å². The summed E-state index contributed by atoms with van der Waals surface area (Å²) < 4.78 is 47.0. The lowest BCUT2D eigenvalue weighted by molar-refractivity contribution is 0.112. The second kappa shape index (κ2) is 6.43. The summed E-state index contributed by atoms with van der Waals surface area (Å²) in [6.45, 7) is 2.08. The number of hydrogen-bond donors (Lipinski definition) is 0. The number of halogens is 3. The number of hydrogen-bond acceptors (Lipinski definition) is 2. The lowest BCUT2D eigenvalue weighted by Crippen LogP contribution is -2.02. The van der Waals surface area contributed by atoms with Gasteiger partial charge in [0.05, 0.1) is 6.61 Å². The monoisotopic (exact) mass is 294 g/mol. The van der Waals surface area contributed by atoms with Gasteiger partial charge in [0, 0.05) is 16.7 Å². The molecular weight excluding hydrogens is 281 g/mol. The Bertz CT molecular complexity index is 669. The minimum Gasteiger partial charge on any atom is -0.490 e. The van der Waals surface area contributed by atoms with E-state index in [2.05, 4.69) is 0 Å². The van der Waals surface area contributed by atoms with Gasteiger partial charge in [-0.2, -0.15) is 4.39 Å². The number of carbonyl (C=O) groups is 1. The molecule has 0 N–H and O–H groups in total. The van der Waals surface area contributed by atoms with E-state index in [1.807, 2.05) is 6.92 Å². The van der Waals surface area contributed by atoms with Crippen LogP contribution in [-0.4, -0.2) is 12.9 Å². The van der Waals surface area contributed by atoms with E-state index >= 15 is 0 Å². The highest BCUT2D eigenvalue weighted by Gasteiger charge is 2.20. The van der Waals surface area contributed by atoms with E-state index in [0.717, 1.165) is 6.07 Å². The fraction of sp³-hybridized carbons (Fsp3) is 0.188. The Morgan fingerprint density at radius 1 is 1.10 bits per heavy atom. The van der Waals surface area contributed by atoms with Crippen molar-refractivity contribution in [3.63, 3.8) is 0 Å². The molecule has 0 fully saturated rings. The molecular formula is C16H13F3O2. The third kappa shape index (κ3) is 2.91. The molecule has 0 aliphatic carbocycles. The molecule has 0 saturated carbocycles. The van der Waals surface area contributed by atoms with Crippen molar-refractivity contribution < 1.29 is 22.7 Å². The zero-order valence-corrected chi connectivity index (χ0v) is 11.3. The summed E-state index contributed by atoms with van der Waals surface area (Å²) in [7, 11) is 0.